The predicted molar refractivity (Wildman–Crippen MR) is 240 cm³/mol. The van der Waals surface area contributed by atoms with Crippen molar-refractivity contribution in [3.63, 3.8) is 0 Å². The number of rotatable bonds is 10. The molecule has 0 saturated carbocycles. The fourth-order valence-corrected chi connectivity index (χ4v) is 8.11. The van der Waals surface area contributed by atoms with Gasteiger partial charge in [-0.25, -0.2) is 18.1 Å². The first kappa shape index (κ1) is 56.3. The summed E-state index contributed by atoms with van der Waals surface area (Å²) in [6, 6.07) is 10.8. The van der Waals surface area contributed by atoms with Crippen LogP contribution in [0.2, 0.25) is 30.1 Å². The number of carbonyl (C=O) groups excluding carboxylic acids is 1. The number of amides is 1. The summed E-state index contributed by atoms with van der Waals surface area (Å²) in [4.78, 5) is 11.7. The summed E-state index contributed by atoms with van der Waals surface area (Å²) in [5.74, 6) is -0.277. The zero-order valence-electron chi connectivity index (χ0n) is 34.7. The summed E-state index contributed by atoms with van der Waals surface area (Å²) in [5.41, 5.74) is -12.0. The maximum absolute atomic E-state index is 14.4. The minimum atomic E-state index is -6.32. The molecule has 7 nitrogen and oxygen atoms in total. The molecule has 2 aromatic heterocycles. The first-order chi connectivity index (χ1) is 32.1. The average Bonchev–Trinajstić information content (AvgIpc) is 3.91. The van der Waals surface area contributed by atoms with E-state index in [4.69, 9.17) is 81.8 Å². The molecule has 0 radical (unpaired) electrons. The lowest BCUT2D eigenvalue weighted by atomic mass is 9.94. The molecule has 70 heavy (non-hydrogen) atoms. The summed E-state index contributed by atoms with van der Waals surface area (Å²) >= 11 is 41.1. The minimum Gasteiger partial charge on any atom is -0.376 e. The van der Waals surface area contributed by atoms with Crippen LogP contribution in [0.4, 0.5) is 61.5 Å². The summed E-state index contributed by atoms with van der Waals surface area (Å²) < 4.78 is 188. The van der Waals surface area contributed by atoms with Gasteiger partial charge in [-0.2, -0.15) is 62.9 Å². The molecule has 0 spiro atoms. The van der Waals surface area contributed by atoms with E-state index in [1.165, 1.54) is 31.7 Å². The number of alkyl halides is 14. The standard InChI is InChI=1S/C21H13Cl3F7N3O.C21H13Cl3F7N3S/c2*1-10(35)32-7-12-4-11(2-3-15(12)22)13-8-33-34(9-13)18-16(23)5-14(6-17(18)24)19(25,20(26,27)28)21(29,30)31/h2*2-6,8-9H,7H2,1H3,(H,32,35). The highest BCUT2D eigenvalue weighted by molar-refractivity contribution is 7.80. The third-order valence-electron chi connectivity index (χ3n) is 9.83. The number of benzene rings is 4. The second-order valence-electron chi connectivity index (χ2n) is 14.7. The Balaban J connectivity index is 0.000000261. The number of hydrogen-bond acceptors (Lipinski definition) is 4. The average molecular weight is 1140 g/mol. The van der Waals surface area contributed by atoms with E-state index in [9.17, 15) is 66.3 Å². The Morgan fingerprint density at radius 1 is 0.500 bits per heavy atom. The topological polar surface area (TPSA) is 76.8 Å². The molecule has 0 bridgehead atoms. The van der Waals surface area contributed by atoms with Crippen molar-refractivity contribution in [1.82, 2.24) is 30.2 Å². The van der Waals surface area contributed by atoms with E-state index in [1.54, 1.807) is 43.3 Å². The quantitative estimate of drug-likeness (QED) is 0.106. The van der Waals surface area contributed by atoms with Gasteiger partial charge in [0.05, 0.1) is 37.5 Å². The van der Waals surface area contributed by atoms with E-state index in [0.29, 0.717) is 55.0 Å². The molecule has 2 N–H and O–H groups in total. The molecule has 1 amide bonds. The highest BCUT2D eigenvalue weighted by atomic mass is 35.5. The monoisotopic (exact) mass is 1140 g/mol. The molecular weight excluding hydrogens is 1120 g/mol. The second kappa shape index (κ2) is 20.9. The van der Waals surface area contributed by atoms with Crippen LogP contribution in [0.15, 0.2) is 85.5 Å². The number of aromatic nitrogens is 4. The lowest BCUT2D eigenvalue weighted by Gasteiger charge is -2.30. The van der Waals surface area contributed by atoms with Gasteiger partial charge in [0.2, 0.25) is 5.91 Å². The van der Waals surface area contributed by atoms with Gasteiger partial charge < -0.3 is 10.6 Å². The number of thiocarbonyl (C=S) groups is 1. The number of hydrogen-bond donors (Lipinski definition) is 2. The highest BCUT2D eigenvalue weighted by Gasteiger charge is 2.74. The molecule has 2 heterocycles. The number of carbonyl (C=O) groups is 1. The smallest absolute Gasteiger partial charge is 0.376 e. The van der Waals surface area contributed by atoms with Crippen LogP contribution in [-0.4, -0.2) is 55.2 Å². The normalized spacial score (nSPS) is 12.7. The Morgan fingerprint density at radius 3 is 1.10 bits per heavy atom. The molecule has 0 saturated heterocycles. The molecule has 0 aliphatic carbocycles. The molecule has 28 heteroatoms. The third-order valence-corrected chi connectivity index (χ3v) is 11.9. The van der Waals surface area contributed by atoms with Crippen molar-refractivity contribution in [2.24, 2.45) is 0 Å². The summed E-state index contributed by atoms with van der Waals surface area (Å²) in [6.07, 6.45) is -19.8. The predicted octanol–water partition coefficient (Wildman–Crippen LogP) is 15.7. The van der Waals surface area contributed by atoms with Gasteiger partial charge in [-0.15, -0.1) is 0 Å². The van der Waals surface area contributed by atoms with E-state index in [-0.39, 0.29) is 48.1 Å². The number of nitrogens with zero attached hydrogens (tertiary/aromatic N) is 4. The molecule has 0 aliphatic heterocycles. The van der Waals surface area contributed by atoms with Gasteiger partial charge in [0.15, 0.2) is 0 Å². The lowest BCUT2D eigenvalue weighted by molar-refractivity contribution is -0.349. The lowest BCUT2D eigenvalue weighted by Crippen LogP contribution is -2.50. The van der Waals surface area contributed by atoms with Crippen molar-refractivity contribution in [1.29, 1.82) is 0 Å². The number of halogens is 20. The fraction of sp³-hybridized carbons (Fsp3) is 0.238. The van der Waals surface area contributed by atoms with Crippen LogP contribution < -0.4 is 10.6 Å². The maximum atomic E-state index is 14.4. The molecule has 0 fully saturated rings. The zero-order chi connectivity index (χ0) is 52.7. The summed E-state index contributed by atoms with van der Waals surface area (Å²) in [7, 11) is 0. The van der Waals surface area contributed by atoms with Crippen molar-refractivity contribution < 1.29 is 66.3 Å². The SMILES string of the molecule is CC(=O)NCc1cc(-c2cnn(-c3c(Cl)cc(C(F)(C(F)(F)F)C(F)(F)F)cc3Cl)c2)ccc1Cl.CC(=S)NCc1cc(-c2cnn(-c3c(Cl)cc(C(F)(C(F)(F)F)C(F)(F)F)cc3Cl)c2)ccc1Cl. The van der Waals surface area contributed by atoms with Gasteiger partial charge >= 0.3 is 36.0 Å². The Bertz CT molecular complexity index is 2670. The molecule has 0 unspecified atom stereocenters. The van der Waals surface area contributed by atoms with E-state index >= 15 is 0 Å². The number of nitrogens with one attached hydrogen (secondary N) is 2. The summed E-state index contributed by atoms with van der Waals surface area (Å²) in [5, 5.41) is 11.7. The van der Waals surface area contributed by atoms with Gasteiger partial charge in [0.25, 0.3) is 0 Å². The van der Waals surface area contributed by atoms with Gasteiger partial charge in [-0.3, -0.25) is 4.79 Å². The van der Waals surface area contributed by atoms with Crippen molar-refractivity contribution in [3.8, 4) is 33.6 Å². The first-order valence-electron chi connectivity index (χ1n) is 18.9. The van der Waals surface area contributed by atoms with Crippen LogP contribution in [0.25, 0.3) is 33.6 Å². The van der Waals surface area contributed by atoms with Crippen LogP contribution in [-0.2, 0) is 29.2 Å². The van der Waals surface area contributed by atoms with E-state index < -0.39 is 67.3 Å². The molecule has 6 aromatic rings. The van der Waals surface area contributed by atoms with Gasteiger partial charge in [-0.1, -0.05) is 94.0 Å². The summed E-state index contributed by atoms with van der Waals surface area (Å²) in [6.45, 7) is 3.51. The molecule has 4 aromatic carbocycles. The van der Waals surface area contributed by atoms with E-state index in [2.05, 4.69) is 20.8 Å². The van der Waals surface area contributed by atoms with Gasteiger partial charge in [0.1, 0.15) is 11.4 Å². The van der Waals surface area contributed by atoms with Crippen LogP contribution in [0, 0.1) is 0 Å². The van der Waals surface area contributed by atoms with Crippen LogP contribution >= 0.6 is 81.8 Å². The highest BCUT2D eigenvalue weighted by Crippen LogP contribution is 2.56. The maximum Gasteiger partial charge on any atom is 0.435 e. The fourth-order valence-electron chi connectivity index (χ4n) is 6.35. The van der Waals surface area contributed by atoms with Crippen molar-refractivity contribution >= 4 is 92.7 Å². The van der Waals surface area contributed by atoms with Crippen LogP contribution in [0.5, 0.6) is 0 Å². The largest absolute Gasteiger partial charge is 0.435 e. The Labute approximate surface area is 421 Å². The van der Waals surface area contributed by atoms with Crippen molar-refractivity contribution in [2.45, 2.75) is 63.0 Å². The molecule has 0 aliphatic rings. The van der Waals surface area contributed by atoms with Gasteiger partial charge in [0, 0.05) is 64.7 Å². The van der Waals surface area contributed by atoms with Crippen molar-refractivity contribution in [3.05, 3.63) is 138 Å². The van der Waals surface area contributed by atoms with Crippen LogP contribution in [0.1, 0.15) is 36.1 Å². The first-order valence-corrected chi connectivity index (χ1v) is 21.6. The Morgan fingerprint density at radius 2 is 0.814 bits per heavy atom. The zero-order valence-corrected chi connectivity index (χ0v) is 40.0. The van der Waals surface area contributed by atoms with E-state index in [1.807, 2.05) is 0 Å². The van der Waals surface area contributed by atoms with E-state index in [0.717, 1.165) is 9.36 Å². The third kappa shape index (κ3) is 11.7. The molecular formula is C42H26Cl6F14N6OS. The molecule has 0 atom stereocenters. The molecule has 6 rings (SSSR count). The van der Waals surface area contributed by atoms with Crippen molar-refractivity contribution in [2.75, 3.05) is 0 Å². The minimum absolute atomic E-state index is 0.138. The Hall–Kier alpha value is -4.58. The van der Waals surface area contributed by atoms with Crippen LogP contribution in [0.3, 0.4) is 0 Å². The Kier molecular flexibility index (Phi) is 16.8. The second-order valence-corrected chi connectivity index (χ2v) is 17.7. The molecule has 376 valence electrons. The van der Waals surface area contributed by atoms with Gasteiger partial charge in [-0.05, 0) is 77.7 Å².